The maximum atomic E-state index is 13.1. The summed E-state index contributed by atoms with van der Waals surface area (Å²) in [5, 5.41) is 18.7. The summed E-state index contributed by atoms with van der Waals surface area (Å²) >= 11 is 0. The first-order valence-corrected chi connectivity index (χ1v) is 9.51. The highest BCUT2D eigenvalue weighted by atomic mass is 32.2. The van der Waals surface area contributed by atoms with Gasteiger partial charge in [0.25, 0.3) is 0 Å². The predicted octanol–water partition coefficient (Wildman–Crippen LogP) is 2.57. The number of aliphatic hydroxyl groups excluding tert-OH is 1. The van der Waals surface area contributed by atoms with Gasteiger partial charge in [-0.1, -0.05) is 19.3 Å². The summed E-state index contributed by atoms with van der Waals surface area (Å²) in [4.78, 5) is 0.225. The molecule has 1 aliphatic rings. The lowest BCUT2D eigenvalue weighted by Crippen LogP contribution is -2.45. The number of aliphatic hydroxyl groups is 1. The molecular weight excluding hydrogens is 312 g/mol. The predicted molar refractivity (Wildman–Crippen MR) is 88.3 cm³/mol. The largest absolute Gasteiger partial charge is 0.392 e. The molecule has 1 aromatic rings. The van der Waals surface area contributed by atoms with Crippen LogP contribution in [0.1, 0.15) is 50.2 Å². The van der Waals surface area contributed by atoms with E-state index in [1.54, 1.807) is 19.9 Å². The Kier molecular flexibility index (Phi) is 5.79. The first-order chi connectivity index (χ1) is 10.9. The Labute approximate surface area is 138 Å². The summed E-state index contributed by atoms with van der Waals surface area (Å²) in [5.74, 6) is 0. The number of benzene rings is 1. The zero-order valence-corrected chi connectivity index (χ0v) is 14.5. The van der Waals surface area contributed by atoms with Crippen LogP contribution in [0.25, 0.3) is 0 Å². The molecule has 0 aliphatic heterocycles. The first kappa shape index (κ1) is 17.9. The zero-order valence-electron chi connectivity index (χ0n) is 13.7. The lowest BCUT2D eigenvalue weighted by atomic mass is 9.95. The second kappa shape index (κ2) is 7.43. The number of nitrogens with zero attached hydrogens (tertiary/aromatic N) is 2. The summed E-state index contributed by atoms with van der Waals surface area (Å²) in [6.07, 6.45) is 4.12. The van der Waals surface area contributed by atoms with E-state index >= 15 is 0 Å². The molecule has 1 aromatic carbocycles. The number of sulfonamides is 1. The maximum absolute atomic E-state index is 13.1. The van der Waals surface area contributed by atoms with Crippen molar-refractivity contribution < 1.29 is 13.5 Å². The molecule has 1 aliphatic carbocycles. The van der Waals surface area contributed by atoms with E-state index in [1.807, 2.05) is 6.07 Å². The Balaban J connectivity index is 2.41. The van der Waals surface area contributed by atoms with Gasteiger partial charge in [0, 0.05) is 12.6 Å². The molecule has 1 unspecified atom stereocenters. The quantitative estimate of drug-likeness (QED) is 0.896. The molecule has 0 heterocycles. The number of hydrogen-bond acceptors (Lipinski definition) is 4. The van der Waals surface area contributed by atoms with Crippen molar-refractivity contribution >= 4 is 10.0 Å². The second-order valence-electron chi connectivity index (χ2n) is 6.31. The van der Waals surface area contributed by atoms with E-state index in [-0.39, 0.29) is 17.5 Å². The van der Waals surface area contributed by atoms with Gasteiger partial charge < -0.3 is 5.11 Å². The lowest BCUT2D eigenvalue weighted by molar-refractivity contribution is 0.136. The molecule has 5 nitrogen and oxygen atoms in total. The van der Waals surface area contributed by atoms with Gasteiger partial charge >= 0.3 is 0 Å². The van der Waals surface area contributed by atoms with Crippen LogP contribution in [0.5, 0.6) is 0 Å². The number of rotatable bonds is 5. The molecule has 1 fully saturated rings. The molecule has 0 spiro atoms. The van der Waals surface area contributed by atoms with Crippen LogP contribution in [0.15, 0.2) is 23.1 Å². The summed E-state index contributed by atoms with van der Waals surface area (Å²) in [5.41, 5.74) is 1.01. The molecule has 1 N–H and O–H groups in total. The molecule has 0 bridgehead atoms. The fraction of sp³-hybridized carbons (Fsp3) is 0.588. The molecule has 126 valence electrons. The topological polar surface area (TPSA) is 81.4 Å². The Morgan fingerprint density at radius 2 is 2.00 bits per heavy atom. The normalized spacial score (nSPS) is 17.9. The van der Waals surface area contributed by atoms with Crippen molar-refractivity contribution in [1.82, 2.24) is 4.31 Å². The molecule has 1 atom stereocenters. The number of nitriles is 1. The summed E-state index contributed by atoms with van der Waals surface area (Å²) in [7, 11) is -3.69. The van der Waals surface area contributed by atoms with Crippen LogP contribution in [-0.2, 0) is 10.0 Å². The number of hydrogen-bond donors (Lipinski definition) is 1. The van der Waals surface area contributed by atoms with Gasteiger partial charge in [0.1, 0.15) is 0 Å². The smallest absolute Gasteiger partial charge is 0.243 e. The molecule has 6 heteroatoms. The van der Waals surface area contributed by atoms with Gasteiger partial charge in [-0.05, 0) is 50.5 Å². The Morgan fingerprint density at radius 3 is 2.52 bits per heavy atom. The van der Waals surface area contributed by atoms with Gasteiger partial charge in [-0.2, -0.15) is 9.57 Å². The average molecular weight is 336 g/mol. The van der Waals surface area contributed by atoms with E-state index in [4.69, 9.17) is 5.26 Å². The van der Waals surface area contributed by atoms with Gasteiger partial charge in [-0.15, -0.1) is 0 Å². The summed E-state index contributed by atoms with van der Waals surface area (Å²) in [6, 6.07) is 6.59. The summed E-state index contributed by atoms with van der Waals surface area (Å²) < 4.78 is 27.7. The summed E-state index contributed by atoms with van der Waals surface area (Å²) in [6.45, 7) is 3.42. The van der Waals surface area contributed by atoms with E-state index in [1.165, 1.54) is 16.4 Å². The van der Waals surface area contributed by atoms with Gasteiger partial charge in [-0.25, -0.2) is 8.42 Å². The SMILES string of the molecule is Cc1cc(C#N)ccc1S(=O)(=O)N(CC(C)O)C1CCCCC1. The number of aryl methyl sites for hydroxylation is 1. The highest BCUT2D eigenvalue weighted by Crippen LogP contribution is 2.29. The third kappa shape index (κ3) is 4.11. The van der Waals surface area contributed by atoms with Crippen molar-refractivity contribution in [3.8, 4) is 6.07 Å². The van der Waals surface area contributed by atoms with E-state index in [0.717, 1.165) is 32.1 Å². The highest BCUT2D eigenvalue weighted by Gasteiger charge is 2.33. The Morgan fingerprint density at radius 1 is 1.35 bits per heavy atom. The Hall–Kier alpha value is -1.42. The van der Waals surface area contributed by atoms with Crippen LogP contribution in [0, 0.1) is 18.3 Å². The molecule has 0 aromatic heterocycles. The van der Waals surface area contributed by atoms with Crippen molar-refractivity contribution in [2.45, 2.75) is 63.0 Å². The van der Waals surface area contributed by atoms with E-state index in [9.17, 15) is 13.5 Å². The third-order valence-corrected chi connectivity index (χ3v) is 6.40. The highest BCUT2D eigenvalue weighted by molar-refractivity contribution is 7.89. The first-order valence-electron chi connectivity index (χ1n) is 8.07. The fourth-order valence-corrected chi connectivity index (χ4v) is 5.18. The molecule has 1 saturated carbocycles. The van der Waals surface area contributed by atoms with Crippen molar-refractivity contribution in [2.24, 2.45) is 0 Å². The van der Waals surface area contributed by atoms with E-state index in [2.05, 4.69) is 0 Å². The average Bonchev–Trinajstić information content (AvgIpc) is 2.52. The lowest BCUT2D eigenvalue weighted by Gasteiger charge is -2.34. The van der Waals surface area contributed by atoms with Crippen LogP contribution < -0.4 is 0 Å². The van der Waals surface area contributed by atoms with Crippen molar-refractivity contribution in [2.75, 3.05) is 6.54 Å². The van der Waals surface area contributed by atoms with Gasteiger partial charge in [0.2, 0.25) is 10.0 Å². The van der Waals surface area contributed by atoms with Crippen LogP contribution in [-0.4, -0.2) is 36.5 Å². The van der Waals surface area contributed by atoms with Crippen LogP contribution in [0.3, 0.4) is 0 Å². The van der Waals surface area contributed by atoms with Crippen LogP contribution in [0.4, 0.5) is 0 Å². The molecule has 2 rings (SSSR count). The maximum Gasteiger partial charge on any atom is 0.243 e. The van der Waals surface area contributed by atoms with Crippen molar-refractivity contribution in [1.29, 1.82) is 5.26 Å². The third-order valence-electron chi connectivity index (χ3n) is 4.32. The van der Waals surface area contributed by atoms with Crippen molar-refractivity contribution in [3.05, 3.63) is 29.3 Å². The van der Waals surface area contributed by atoms with E-state index in [0.29, 0.717) is 11.1 Å². The van der Waals surface area contributed by atoms with Gasteiger partial charge in [0.05, 0.1) is 22.6 Å². The minimum Gasteiger partial charge on any atom is -0.392 e. The zero-order chi connectivity index (χ0) is 17.0. The Bertz CT molecular complexity index is 686. The standard InChI is InChI=1S/C17H24N2O3S/c1-13-10-15(11-18)8-9-17(13)23(21,22)19(12-14(2)20)16-6-4-3-5-7-16/h8-10,14,16,20H,3-7,12H2,1-2H3. The van der Waals surface area contributed by atoms with Crippen LogP contribution >= 0.6 is 0 Å². The second-order valence-corrected chi connectivity index (χ2v) is 8.17. The minimum absolute atomic E-state index is 0.0570. The fourth-order valence-electron chi connectivity index (χ4n) is 3.21. The molecular formula is C17H24N2O3S. The van der Waals surface area contributed by atoms with Gasteiger partial charge in [-0.3, -0.25) is 0 Å². The molecule has 0 amide bonds. The molecule has 0 saturated heterocycles. The minimum atomic E-state index is -3.69. The van der Waals surface area contributed by atoms with Gasteiger partial charge in [0.15, 0.2) is 0 Å². The molecule has 23 heavy (non-hydrogen) atoms. The monoisotopic (exact) mass is 336 g/mol. The van der Waals surface area contributed by atoms with Crippen molar-refractivity contribution in [3.63, 3.8) is 0 Å². The van der Waals surface area contributed by atoms with E-state index < -0.39 is 16.1 Å². The molecule has 0 radical (unpaired) electrons. The van der Waals surface area contributed by atoms with Crippen LogP contribution in [0.2, 0.25) is 0 Å².